The van der Waals surface area contributed by atoms with Crippen LogP contribution in [0.15, 0.2) is 21.8 Å². The van der Waals surface area contributed by atoms with Crippen LogP contribution in [0.25, 0.3) is 0 Å². The van der Waals surface area contributed by atoms with E-state index in [0.29, 0.717) is 18.7 Å². The molecule has 4 heterocycles. The summed E-state index contributed by atoms with van der Waals surface area (Å²) < 4.78 is 5.36. The van der Waals surface area contributed by atoms with Crippen molar-refractivity contribution < 1.29 is 33.9 Å². The number of nitrogens with zero attached hydrogens (tertiary/aromatic N) is 5. The van der Waals surface area contributed by atoms with Gasteiger partial charge in [-0.1, -0.05) is 5.16 Å². The topological polar surface area (TPSA) is 180 Å². The second kappa shape index (κ2) is 10.7. The number of amides is 3. The number of thioether (sulfide) groups is 1. The molecule has 0 bridgehead atoms. The summed E-state index contributed by atoms with van der Waals surface area (Å²) in [5.41, 5.74) is 5.72. The van der Waals surface area contributed by atoms with Crippen LogP contribution in [-0.4, -0.2) is 118 Å². The molecule has 3 amide bonds. The Morgan fingerprint density at radius 2 is 2.03 bits per heavy atom. The Hall–Kier alpha value is -3.37. The van der Waals surface area contributed by atoms with E-state index < -0.39 is 35.3 Å². The van der Waals surface area contributed by atoms with Gasteiger partial charge in [-0.15, -0.1) is 23.1 Å². The number of hydrogen-bond donors (Lipinski definition) is 3. The fourth-order valence-corrected chi connectivity index (χ4v) is 5.80. The van der Waals surface area contributed by atoms with Crippen LogP contribution >= 0.6 is 23.1 Å². The van der Waals surface area contributed by atoms with Gasteiger partial charge in [-0.25, -0.2) is 14.6 Å². The third-order valence-corrected chi connectivity index (χ3v) is 7.84. The molecule has 16 heteroatoms. The van der Waals surface area contributed by atoms with Crippen LogP contribution < -0.4 is 11.1 Å². The SMILES string of the molecule is CON=C(C(=O)NC1C(=O)N2C(C(=O)O)=C(COC(=O)N3CCN(C)CC3)CS[C@@H]12)c1csc(N)n1. The second-order valence-electron chi connectivity index (χ2n) is 8.16. The third-order valence-electron chi connectivity index (χ3n) is 5.83. The van der Waals surface area contributed by atoms with Crippen molar-refractivity contribution in [3.8, 4) is 0 Å². The number of oxime groups is 1. The molecule has 36 heavy (non-hydrogen) atoms. The second-order valence-corrected chi connectivity index (χ2v) is 10.2. The number of nitrogen functional groups attached to an aromatic ring is 1. The number of likely N-dealkylation sites (N-methyl/N-ethyl adjacent to an activating group) is 1. The summed E-state index contributed by atoms with van der Waals surface area (Å²) >= 11 is 2.37. The molecule has 0 saturated carbocycles. The van der Waals surface area contributed by atoms with Crippen molar-refractivity contribution in [1.29, 1.82) is 0 Å². The highest BCUT2D eigenvalue weighted by Crippen LogP contribution is 2.40. The van der Waals surface area contributed by atoms with Gasteiger partial charge in [-0.2, -0.15) is 0 Å². The monoisotopic (exact) mass is 539 g/mol. The summed E-state index contributed by atoms with van der Waals surface area (Å²) in [6, 6.07) is -0.982. The molecule has 3 aliphatic rings. The van der Waals surface area contributed by atoms with Gasteiger partial charge in [0.2, 0.25) is 0 Å². The van der Waals surface area contributed by atoms with Crippen molar-refractivity contribution in [2.45, 2.75) is 11.4 Å². The number of carboxylic acids is 1. The molecule has 4 N–H and O–H groups in total. The number of carboxylic acid groups (broad SMARTS) is 1. The molecule has 3 aliphatic heterocycles. The largest absolute Gasteiger partial charge is 0.477 e. The number of piperazine rings is 1. The van der Waals surface area contributed by atoms with Crippen molar-refractivity contribution in [3.63, 3.8) is 0 Å². The van der Waals surface area contributed by atoms with E-state index in [4.69, 9.17) is 15.3 Å². The van der Waals surface area contributed by atoms with Gasteiger partial charge in [0.15, 0.2) is 10.8 Å². The minimum atomic E-state index is -1.32. The Morgan fingerprint density at radius 3 is 2.64 bits per heavy atom. The molecule has 4 rings (SSSR count). The molecule has 1 unspecified atom stereocenters. The lowest BCUT2D eigenvalue weighted by Gasteiger charge is -2.49. The van der Waals surface area contributed by atoms with Gasteiger partial charge in [0.25, 0.3) is 11.8 Å². The number of nitrogens with two attached hydrogens (primary N) is 1. The van der Waals surface area contributed by atoms with Gasteiger partial charge in [0, 0.05) is 42.9 Å². The number of carbonyl (C=O) groups is 4. The van der Waals surface area contributed by atoms with Gasteiger partial charge in [0.1, 0.15) is 36.5 Å². The first-order valence-corrected chi connectivity index (χ1v) is 12.8. The van der Waals surface area contributed by atoms with Gasteiger partial charge in [0.05, 0.1) is 0 Å². The first-order valence-electron chi connectivity index (χ1n) is 10.8. The maximum atomic E-state index is 12.9. The number of rotatable bonds is 7. The van der Waals surface area contributed by atoms with E-state index in [2.05, 4.69) is 20.4 Å². The number of fused-ring (bicyclic) bond motifs is 1. The lowest BCUT2D eigenvalue weighted by Crippen LogP contribution is -2.71. The predicted molar refractivity (Wildman–Crippen MR) is 130 cm³/mol. The van der Waals surface area contributed by atoms with Crippen molar-refractivity contribution >= 4 is 57.8 Å². The fourth-order valence-electron chi connectivity index (χ4n) is 3.93. The zero-order chi connectivity index (χ0) is 26.0. The molecular weight excluding hydrogens is 514 g/mol. The van der Waals surface area contributed by atoms with Crippen LogP contribution in [0.5, 0.6) is 0 Å². The van der Waals surface area contributed by atoms with Crippen molar-refractivity contribution in [3.05, 3.63) is 22.3 Å². The van der Waals surface area contributed by atoms with E-state index >= 15 is 0 Å². The predicted octanol–water partition coefficient (Wildman–Crippen LogP) is -0.802. The Bertz CT molecular complexity index is 1130. The van der Waals surface area contributed by atoms with E-state index in [1.165, 1.54) is 24.3 Å². The van der Waals surface area contributed by atoms with Crippen molar-refractivity contribution in [1.82, 2.24) is 25.0 Å². The van der Waals surface area contributed by atoms with E-state index in [0.717, 1.165) is 29.3 Å². The normalized spacial score (nSPS) is 22.6. The average Bonchev–Trinajstić information content (AvgIpc) is 3.29. The lowest BCUT2D eigenvalue weighted by molar-refractivity contribution is -0.150. The zero-order valence-electron chi connectivity index (χ0n) is 19.5. The highest BCUT2D eigenvalue weighted by Gasteiger charge is 2.54. The number of β-lactam (4-membered cyclic amide) rings is 1. The van der Waals surface area contributed by atoms with E-state index in [1.807, 2.05) is 7.05 Å². The molecular formula is C20H25N7O7S2. The van der Waals surface area contributed by atoms with Crippen LogP contribution in [0.2, 0.25) is 0 Å². The summed E-state index contributed by atoms with van der Waals surface area (Å²) in [6.07, 6.45) is -0.528. The van der Waals surface area contributed by atoms with Crippen molar-refractivity contribution in [2.24, 2.45) is 5.16 Å². The summed E-state index contributed by atoms with van der Waals surface area (Å²) in [7, 11) is 3.22. The average molecular weight is 540 g/mol. The van der Waals surface area contributed by atoms with Crippen LogP contribution in [0.1, 0.15) is 5.69 Å². The highest BCUT2D eigenvalue weighted by atomic mass is 32.2. The van der Waals surface area contributed by atoms with Gasteiger partial charge in [-0.3, -0.25) is 14.5 Å². The molecule has 194 valence electrons. The van der Waals surface area contributed by atoms with Crippen LogP contribution in [0, 0.1) is 0 Å². The fraction of sp³-hybridized carbons (Fsp3) is 0.500. The van der Waals surface area contributed by atoms with E-state index in [9.17, 15) is 24.3 Å². The molecule has 2 saturated heterocycles. The Balaban J connectivity index is 1.43. The van der Waals surface area contributed by atoms with Gasteiger partial charge >= 0.3 is 12.1 Å². The van der Waals surface area contributed by atoms with Crippen LogP contribution in [0.4, 0.5) is 9.93 Å². The van der Waals surface area contributed by atoms with Crippen LogP contribution in [0.3, 0.4) is 0 Å². The minimum absolute atomic E-state index is 0.164. The molecule has 2 atom stereocenters. The summed E-state index contributed by atoms with van der Waals surface area (Å²) in [5, 5.41) is 17.2. The molecule has 0 aliphatic carbocycles. The molecule has 14 nitrogen and oxygen atoms in total. The number of aromatic nitrogens is 1. The van der Waals surface area contributed by atoms with Crippen molar-refractivity contribution in [2.75, 3.05) is 58.4 Å². The van der Waals surface area contributed by atoms with Crippen LogP contribution in [-0.2, 0) is 24.0 Å². The highest BCUT2D eigenvalue weighted by molar-refractivity contribution is 8.00. The smallest absolute Gasteiger partial charge is 0.410 e. The number of ether oxygens (including phenoxy) is 1. The maximum absolute atomic E-state index is 12.9. The maximum Gasteiger partial charge on any atom is 0.410 e. The Morgan fingerprint density at radius 1 is 1.31 bits per heavy atom. The number of anilines is 1. The van der Waals surface area contributed by atoms with E-state index in [-0.39, 0.29) is 34.6 Å². The number of hydrogen-bond acceptors (Lipinski definition) is 12. The number of aliphatic carboxylic acids is 1. The number of nitrogens with one attached hydrogen (secondary N) is 1. The first-order chi connectivity index (χ1) is 17.2. The standard InChI is InChI=1S/C20H25N7O7S2/c1-25-3-5-26(6-4-25)20(32)34-7-10-8-35-17-13(16(29)27(17)14(10)18(30)31)23-15(28)12(24-33-2)11-9-36-19(21)22-11/h9,13,17H,3-8H2,1-2H3,(H2,21,22)(H,23,28)(H,30,31)/t13?,17-/m0/s1. The van der Waals surface area contributed by atoms with Gasteiger partial charge in [-0.05, 0) is 7.05 Å². The molecule has 1 aromatic heterocycles. The summed E-state index contributed by atoms with van der Waals surface area (Å²) in [4.78, 5) is 63.7. The molecule has 0 aromatic carbocycles. The first kappa shape index (κ1) is 25.7. The summed E-state index contributed by atoms with van der Waals surface area (Å²) in [6.45, 7) is 2.23. The minimum Gasteiger partial charge on any atom is -0.477 e. The third kappa shape index (κ3) is 5.10. The number of carbonyl (C=O) groups excluding carboxylic acids is 3. The zero-order valence-corrected chi connectivity index (χ0v) is 21.1. The number of thiazole rings is 1. The molecule has 0 spiro atoms. The Labute approximate surface area is 214 Å². The lowest BCUT2D eigenvalue weighted by atomic mass is 10.0. The quantitative estimate of drug-likeness (QED) is 0.224. The molecule has 1 aromatic rings. The summed E-state index contributed by atoms with van der Waals surface area (Å²) in [5.74, 6) is -2.42. The Kier molecular flexibility index (Phi) is 7.65. The van der Waals surface area contributed by atoms with Gasteiger partial charge < -0.3 is 35.5 Å². The molecule has 0 radical (unpaired) electrons. The van der Waals surface area contributed by atoms with E-state index in [1.54, 1.807) is 4.90 Å². The molecule has 2 fully saturated rings.